The van der Waals surface area contributed by atoms with Crippen LogP contribution in [0.2, 0.25) is 0 Å². The number of benzene rings is 1. The minimum absolute atomic E-state index is 0.644. The third kappa shape index (κ3) is 3.46. The largest absolute Gasteiger partial charge is 0.482 e. The first-order valence-electron chi connectivity index (χ1n) is 4.84. The topological polar surface area (TPSA) is 46.5 Å². The van der Waals surface area contributed by atoms with E-state index in [2.05, 4.69) is 0 Å². The molecule has 0 aliphatic rings. The van der Waals surface area contributed by atoms with E-state index >= 15 is 0 Å². The van der Waals surface area contributed by atoms with E-state index < -0.39 is 12.1 Å². The maximum absolute atomic E-state index is 10.9. The number of rotatable bonds is 5. The fraction of sp³-hybridized carbons (Fsp3) is 0.250. The van der Waals surface area contributed by atoms with E-state index in [1.54, 1.807) is 30.3 Å². The Hall–Kier alpha value is -1.77. The van der Waals surface area contributed by atoms with Crippen molar-refractivity contribution >= 4 is 5.97 Å². The highest BCUT2D eigenvalue weighted by molar-refractivity contribution is 5.74. The van der Waals surface area contributed by atoms with Crippen LogP contribution in [0.25, 0.3) is 0 Å². The molecule has 0 fully saturated rings. The van der Waals surface area contributed by atoms with Crippen LogP contribution in [0.3, 0.4) is 0 Å². The van der Waals surface area contributed by atoms with Gasteiger partial charge in [-0.05, 0) is 6.42 Å². The molecule has 0 spiro atoms. The van der Waals surface area contributed by atoms with Gasteiger partial charge >= 0.3 is 5.97 Å². The summed E-state index contributed by atoms with van der Waals surface area (Å²) >= 11 is 0. The Bertz CT molecular complexity index is 330. The standard InChI is InChI=1S/C12H14O3/c1-2-3-9-15-11(12(13)14)10-7-5-4-6-8-10/h3-9,11H,2H2,1H3,(H,13,14). The zero-order chi connectivity index (χ0) is 11.1. The molecule has 0 saturated carbocycles. The maximum atomic E-state index is 10.9. The lowest BCUT2D eigenvalue weighted by molar-refractivity contribution is -0.147. The van der Waals surface area contributed by atoms with E-state index in [-0.39, 0.29) is 0 Å². The van der Waals surface area contributed by atoms with Crippen molar-refractivity contribution in [2.45, 2.75) is 19.4 Å². The number of allylic oxidation sites excluding steroid dienone is 1. The molecular formula is C12H14O3. The normalized spacial score (nSPS) is 12.6. The van der Waals surface area contributed by atoms with Crippen LogP contribution < -0.4 is 0 Å². The van der Waals surface area contributed by atoms with Crippen LogP contribution in [-0.4, -0.2) is 11.1 Å². The number of hydrogen-bond donors (Lipinski definition) is 1. The SMILES string of the molecule is CCC=COC(C(=O)O)c1ccccc1. The van der Waals surface area contributed by atoms with Gasteiger partial charge < -0.3 is 9.84 Å². The van der Waals surface area contributed by atoms with E-state index in [1.165, 1.54) is 6.26 Å². The molecule has 0 heterocycles. The average molecular weight is 206 g/mol. The van der Waals surface area contributed by atoms with Gasteiger partial charge in [0.1, 0.15) is 0 Å². The molecule has 1 aromatic rings. The van der Waals surface area contributed by atoms with Crippen LogP contribution in [-0.2, 0) is 9.53 Å². The zero-order valence-electron chi connectivity index (χ0n) is 8.59. The molecule has 1 unspecified atom stereocenters. The lowest BCUT2D eigenvalue weighted by atomic mass is 10.1. The molecule has 1 atom stereocenters. The number of hydrogen-bond acceptors (Lipinski definition) is 2. The predicted molar refractivity (Wildman–Crippen MR) is 57.3 cm³/mol. The van der Waals surface area contributed by atoms with E-state index in [4.69, 9.17) is 9.84 Å². The van der Waals surface area contributed by atoms with Gasteiger partial charge in [-0.2, -0.15) is 0 Å². The monoisotopic (exact) mass is 206 g/mol. The van der Waals surface area contributed by atoms with E-state index in [0.29, 0.717) is 5.56 Å². The zero-order valence-corrected chi connectivity index (χ0v) is 8.59. The van der Waals surface area contributed by atoms with Gasteiger partial charge in [-0.3, -0.25) is 0 Å². The molecule has 1 N–H and O–H groups in total. The molecule has 3 heteroatoms. The molecule has 0 aliphatic heterocycles. The molecular weight excluding hydrogens is 192 g/mol. The Morgan fingerprint density at radius 3 is 2.67 bits per heavy atom. The van der Waals surface area contributed by atoms with Gasteiger partial charge in [-0.15, -0.1) is 0 Å². The van der Waals surface area contributed by atoms with Crippen LogP contribution >= 0.6 is 0 Å². The van der Waals surface area contributed by atoms with E-state index in [1.807, 2.05) is 13.0 Å². The van der Waals surface area contributed by atoms with Crippen molar-refractivity contribution in [1.29, 1.82) is 0 Å². The van der Waals surface area contributed by atoms with E-state index in [9.17, 15) is 4.79 Å². The van der Waals surface area contributed by atoms with Crippen molar-refractivity contribution in [2.24, 2.45) is 0 Å². The minimum atomic E-state index is -0.984. The number of ether oxygens (including phenoxy) is 1. The van der Waals surface area contributed by atoms with Gasteiger partial charge in [0.25, 0.3) is 0 Å². The van der Waals surface area contributed by atoms with Crippen LogP contribution in [0, 0.1) is 0 Å². The first kappa shape index (κ1) is 11.3. The molecule has 0 aliphatic carbocycles. The third-order valence-corrected chi connectivity index (χ3v) is 1.87. The number of carbonyl (C=O) groups is 1. The highest BCUT2D eigenvalue weighted by Crippen LogP contribution is 2.17. The molecule has 0 saturated heterocycles. The van der Waals surface area contributed by atoms with E-state index in [0.717, 1.165) is 6.42 Å². The van der Waals surface area contributed by atoms with Crippen LogP contribution in [0.1, 0.15) is 25.0 Å². The first-order valence-corrected chi connectivity index (χ1v) is 4.84. The quantitative estimate of drug-likeness (QED) is 0.753. The average Bonchev–Trinajstić information content (AvgIpc) is 2.25. The summed E-state index contributed by atoms with van der Waals surface area (Å²) in [7, 11) is 0. The molecule has 0 amide bonds. The molecule has 0 bridgehead atoms. The Morgan fingerprint density at radius 1 is 1.47 bits per heavy atom. The Labute approximate surface area is 89.0 Å². The summed E-state index contributed by atoms with van der Waals surface area (Å²) in [6.45, 7) is 1.96. The predicted octanol–water partition coefficient (Wildman–Crippen LogP) is 2.75. The lowest BCUT2D eigenvalue weighted by Gasteiger charge is -2.11. The Morgan fingerprint density at radius 2 is 2.13 bits per heavy atom. The summed E-state index contributed by atoms with van der Waals surface area (Å²) in [6, 6.07) is 8.89. The molecule has 1 rings (SSSR count). The summed E-state index contributed by atoms with van der Waals surface area (Å²) in [4.78, 5) is 10.9. The van der Waals surface area contributed by atoms with Gasteiger partial charge in [-0.25, -0.2) is 4.79 Å². The highest BCUT2D eigenvalue weighted by atomic mass is 16.5. The molecule has 1 aromatic carbocycles. The van der Waals surface area contributed by atoms with Crippen LogP contribution in [0.5, 0.6) is 0 Å². The van der Waals surface area contributed by atoms with Crippen molar-refractivity contribution in [3.8, 4) is 0 Å². The minimum Gasteiger partial charge on any atom is -0.482 e. The van der Waals surface area contributed by atoms with Gasteiger partial charge in [0.15, 0.2) is 0 Å². The molecule has 80 valence electrons. The molecule has 0 aromatic heterocycles. The second-order valence-corrected chi connectivity index (χ2v) is 3.05. The highest BCUT2D eigenvalue weighted by Gasteiger charge is 2.19. The molecule has 0 radical (unpaired) electrons. The third-order valence-electron chi connectivity index (χ3n) is 1.87. The number of carboxylic acids is 1. The summed E-state index contributed by atoms with van der Waals surface area (Å²) in [5.41, 5.74) is 0.644. The lowest BCUT2D eigenvalue weighted by Crippen LogP contribution is -2.12. The summed E-state index contributed by atoms with van der Waals surface area (Å²) < 4.78 is 5.15. The van der Waals surface area contributed by atoms with Crippen molar-refractivity contribution < 1.29 is 14.6 Å². The van der Waals surface area contributed by atoms with Gasteiger partial charge in [0, 0.05) is 5.56 Å². The summed E-state index contributed by atoms with van der Waals surface area (Å²) in [5.74, 6) is -0.984. The van der Waals surface area contributed by atoms with Gasteiger partial charge in [-0.1, -0.05) is 43.3 Å². The number of aliphatic carboxylic acids is 1. The smallest absolute Gasteiger partial charge is 0.349 e. The Balaban J connectivity index is 2.75. The Kier molecular flexibility index (Phi) is 4.41. The second kappa shape index (κ2) is 5.86. The summed E-state index contributed by atoms with van der Waals surface area (Å²) in [6.07, 6.45) is 3.11. The van der Waals surface area contributed by atoms with Crippen molar-refractivity contribution in [2.75, 3.05) is 0 Å². The first-order chi connectivity index (χ1) is 7.25. The van der Waals surface area contributed by atoms with Crippen LogP contribution in [0.15, 0.2) is 42.7 Å². The maximum Gasteiger partial charge on any atom is 0.349 e. The number of carboxylic acid groups (broad SMARTS) is 1. The molecule has 3 nitrogen and oxygen atoms in total. The van der Waals surface area contributed by atoms with Crippen LogP contribution in [0.4, 0.5) is 0 Å². The van der Waals surface area contributed by atoms with Crippen molar-refractivity contribution in [1.82, 2.24) is 0 Å². The fourth-order valence-corrected chi connectivity index (χ4v) is 1.14. The fourth-order valence-electron chi connectivity index (χ4n) is 1.14. The van der Waals surface area contributed by atoms with Gasteiger partial charge in [0.2, 0.25) is 6.10 Å². The second-order valence-electron chi connectivity index (χ2n) is 3.05. The summed E-state index contributed by atoms with van der Waals surface area (Å²) in [5, 5.41) is 8.97. The van der Waals surface area contributed by atoms with Crippen molar-refractivity contribution in [3.05, 3.63) is 48.2 Å². The molecule has 15 heavy (non-hydrogen) atoms. The van der Waals surface area contributed by atoms with Crippen molar-refractivity contribution in [3.63, 3.8) is 0 Å². The van der Waals surface area contributed by atoms with Gasteiger partial charge in [0.05, 0.1) is 6.26 Å².